The lowest BCUT2D eigenvalue weighted by molar-refractivity contribution is 0.628. The fraction of sp³-hybridized carbons (Fsp3) is 0. The van der Waals surface area contributed by atoms with Crippen LogP contribution in [-0.4, -0.2) is 9.97 Å². The van der Waals surface area contributed by atoms with Crippen molar-refractivity contribution in [1.29, 1.82) is 0 Å². The van der Waals surface area contributed by atoms with Crippen molar-refractivity contribution < 1.29 is 4.39 Å². The lowest BCUT2D eigenvalue weighted by Gasteiger charge is -2.06. The highest BCUT2D eigenvalue weighted by Gasteiger charge is 2.03. The maximum atomic E-state index is 13.1. The first-order chi connectivity index (χ1) is 9.22. The molecule has 1 heterocycles. The van der Waals surface area contributed by atoms with E-state index >= 15 is 0 Å². The van der Waals surface area contributed by atoms with E-state index in [4.69, 9.17) is 11.6 Å². The molecule has 0 fully saturated rings. The third-order valence-electron chi connectivity index (χ3n) is 2.64. The van der Waals surface area contributed by atoms with Gasteiger partial charge in [-0.05, 0) is 30.3 Å². The Morgan fingerprint density at radius 2 is 1.84 bits per heavy atom. The van der Waals surface area contributed by atoms with Gasteiger partial charge in [0.1, 0.15) is 11.6 Å². The molecule has 1 aromatic heterocycles. The number of anilines is 2. The zero-order valence-corrected chi connectivity index (χ0v) is 10.5. The second-order valence-electron chi connectivity index (χ2n) is 4.00. The first-order valence-electron chi connectivity index (χ1n) is 5.66. The number of rotatable bonds is 2. The van der Waals surface area contributed by atoms with Gasteiger partial charge in [-0.15, -0.1) is 0 Å². The molecule has 2 aromatic carbocycles. The second-order valence-corrected chi connectivity index (χ2v) is 4.41. The molecule has 0 unspecified atom stereocenters. The monoisotopic (exact) mass is 273 g/mol. The molecule has 0 bridgehead atoms. The van der Waals surface area contributed by atoms with Crippen molar-refractivity contribution in [3.63, 3.8) is 0 Å². The Labute approximate surface area is 114 Å². The molecule has 3 nitrogen and oxygen atoms in total. The summed E-state index contributed by atoms with van der Waals surface area (Å²) in [4.78, 5) is 8.70. The van der Waals surface area contributed by atoms with E-state index in [1.165, 1.54) is 12.1 Å². The van der Waals surface area contributed by atoms with Gasteiger partial charge in [0, 0.05) is 5.69 Å². The van der Waals surface area contributed by atoms with E-state index in [9.17, 15) is 4.39 Å². The number of aromatic nitrogens is 2. The highest BCUT2D eigenvalue weighted by molar-refractivity contribution is 6.31. The van der Waals surface area contributed by atoms with Crippen molar-refractivity contribution in [2.45, 2.75) is 0 Å². The van der Waals surface area contributed by atoms with Crippen molar-refractivity contribution in [2.75, 3.05) is 5.32 Å². The molecular weight excluding hydrogens is 265 g/mol. The van der Waals surface area contributed by atoms with Crippen molar-refractivity contribution in [2.24, 2.45) is 0 Å². The van der Waals surface area contributed by atoms with E-state index in [0.717, 1.165) is 11.0 Å². The van der Waals surface area contributed by atoms with Gasteiger partial charge < -0.3 is 5.32 Å². The Hall–Kier alpha value is -2.20. The molecule has 5 heteroatoms. The van der Waals surface area contributed by atoms with Crippen LogP contribution in [0.25, 0.3) is 11.0 Å². The molecule has 3 aromatic rings. The molecule has 0 spiro atoms. The molecule has 94 valence electrons. The van der Waals surface area contributed by atoms with Gasteiger partial charge in [0.25, 0.3) is 0 Å². The molecule has 19 heavy (non-hydrogen) atoms. The minimum Gasteiger partial charge on any atom is -0.339 e. The largest absolute Gasteiger partial charge is 0.339 e. The first-order valence-corrected chi connectivity index (χ1v) is 6.04. The van der Waals surface area contributed by atoms with Gasteiger partial charge in [-0.2, -0.15) is 0 Å². The lowest BCUT2D eigenvalue weighted by Crippen LogP contribution is -1.95. The topological polar surface area (TPSA) is 37.8 Å². The standard InChI is InChI=1S/C14H9ClFN3/c15-10-7-9(5-6-11(10)16)18-14-8-17-12-3-1-2-4-13(12)19-14/h1-8H,(H,18,19). The van der Waals surface area contributed by atoms with Crippen LogP contribution >= 0.6 is 11.6 Å². The van der Waals surface area contributed by atoms with E-state index in [1.54, 1.807) is 12.3 Å². The van der Waals surface area contributed by atoms with Crippen LogP contribution in [0.2, 0.25) is 5.02 Å². The van der Waals surface area contributed by atoms with Crippen LogP contribution in [0.15, 0.2) is 48.7 Å². The molecule has 0 atom stereocenters. The molecule has 0 aliphatic heterocycles. The Morgan fingerprint density at radius 1 is 1.05 bits per heavy atom. The van der Waals surface area contributed by atoms with Gasteiger partial charge in [0.05, 0.1) is 22.3 Å². The van der Waals surface area contributed by atoms with E-state index in [0.29, 0.717) is 11.5 Å². The number of benzene rings is 2. The van der Waals surface area contributed by atoms with Crippen LogP contribution in [0.1, 0.15) is 0 Å². The number of hydrogen-bond acceptors (Lipinski definition) is 3. The van der Waals surface area contributed by atoms with Crippen molar-refractivity contribution in [1.82, 2.24) is 9.97 Å². The first kappa shape index (κ1) is 11.9. The minimum atomic E-state index is -0.447. The van der Waals surface area contributed by atoms with Gasteiger partial charge >= 0.3 is 0 Å². The van der Waals surface area contributed by atoms with E-state index in [1.807, 2.05) is 24.3 Å². The number of nitrogens with one attached hydrogen (secondary N) is 1. The van der Waals surface area contributed by atoms with Crippen LogP contribution in [0.3, 0.4) is 0 Å². The van der Waals surface area contributed by atoms with Crippen molar-refractivity contribution in [3.05, 3.63) is 59.5 Å². The zero-order valence-electron chi connectivity index (χ0n) is 9.77. The smallest absolute Gasteiger partial charge is 0.149 e. The minimum absolute atomic E-state index is 0.0683. The van der Waals surface area contributed by atoms with Gasteiger partial charge in [-0.25, -0.2) is 9.37 Å². The summed E-state index contributed by atoms with van der Waals surface area (Å²) in [5, 5.41) is 3.11. The highest BCUT2D eigenvalue weighted by atomic mass is 35.5. The Bertz CT molecular complexity index is 746. The lowest BCUT2D eigenvalue weighted by atomic mass is 10.3. The summed E-state index contributed by atoms with van der Waals surface area (Å²) < 4.78 is 13.1. The molecule has 0 amide bonds. The highest BCUT2D eigenvalue weighted by Crippen LogP contribution is 2.22. The third-order valence-corrected chi connectivity index (χ3v) is 2.93. The van der Waals surface area contributed by atoms with Crippen LogP contribution < -0.4 is 5.32 Å². The molecular formula is C14H9ClFN3. The number of para-hydroxylation sites is 2. The predicted octanol–water partition coefficient (Wildman–Crippen LogP) is 4.17. The Balaban J connectivity index is 1.94. The zero-order chi connectivity index (χ0) is 13.2. The van der Waals surface area contributed by atoms with Crippen LogP contribution in [0.4, 0.5) is 15.9 Å². The van der Waals surface area contributed by atoms with Gasteiger partial charge in [0.2, 0.25) is 0 Å². The average Bonchev–Trinajstić information content (AvgIpc) is 2.43. The molecule has 3 rings (SSSR count). The number of halogens is 2. The summed E-state index contributed by atoms with van der Waals surface area (Å²) >= 11 is 5.72. The quantitative estimate of drug-likeness (QED) is 0.762. The van der Waals surface area contributed by atoms with Gasteiger partial charge in [-0.3, -0.25) is 4.98 Å². The molecule has 0 radical (unpaired) electrons. The van der Waals surface area contributed by atoms with Crippen molar-refractivity contribution in [3.8, 4) is 0 Å². The summed E-state index contributed by atoms with van der Waals surface area (Å²) in [6, 6.07) is 12.0. The molecule has 0 saturated heterocycles. The van der Waals surface area contributed by atoms with Crippen molar-refractivity contribution >= 4 is 34.1 Å². The Kier molecular flexibility index (Phi) is 3.01. The van der Waals surface area contributed by atoms with Gasteiger partial charge in [-0.1, -0.05) is 23.7 Å². The maximum Gasteiger partial charge on any atom is 0.149 e. The molecule has 1 N–H and O–H groups in total. The van der Waals surface area contributed by atoms with E-state index in [-0.39, 0.29) is 5.02 Å². The summed E-state index contributed by atoms with van der Waals surface area (Å²) in [6.45, 7) is 0. The third kappa shape index (κ3) is 2.48. The van der Waals surface area contributed by atoms with Crippen LogP contribution in [0, 0.1) is 5.82 Å². The van der Waals surface area contributed by atoms with Crippen LogP contribution in [0.5, 0.6) is 0 Å². The molecule has 0 aliphatic rings. The number of hydrogen-bond donors (Lipinski definition) is 1. The predicted molar refractivity (Wildman–Crippen MR) is 74.2 cm³/mol. The summed E-state index contributed by atoms with van der Waals surface area (Å²) in [5.41, 5.74) is 2.28. The van der Waals surface area contributed by atoms with E-state index in [2.05, 4.69) is 15.3 Å². The fourth-order valence-corrected chi connectivity index (χ4v) is 1.92. The molecule has 0 aliphatic carbocycles. The van der Waals surface area contributed by atoms with Crippen LogP contribution in [-0.2, 0) is 0 Å². The number of nitrogens with zero attached hydrogens (tertiary/aromatic N) is 2. The Morgan fingerprint density at radius 3 is 2.63 bits per heavy atom. The average molecular weight is 274 g/mol. The van der Waals surface area contributed by atoms with E-state index < -0.39 is 5.82 Å². The van der Waals surface area contributed by atoms with Gasteiger partial charge in [0.15, 0.2) is 0 Å². The summed E-state index contributed by atoms with van der Waals surface area (Å²) in [5.74, 6) is 0.137. The second kappa shape index (κ2) is 4.82. The maximum absolute atomic E-state index is 13.1. The SMILES string of the molecule is Fc1ccc(Nc2cnc3ccccc3n2)cc1Cl. The summed E-state index contributed by atoms with van der Waals surface area (Å²) in [6.07, 6.45) is 1.62. The number of fused-ring (bicyclic) bond motifs is 1. The normalized spacial score (nSPS) is 10.6. The fourth-order valence-electron chi connectivity index (χ4n) is 1.74. The summed E-state index contributed by atoms with van der Waals surface area (Å²) in [7, 11) is 0. The molecule has 0 saturated carbocycles.